The van der Waals surface area contributed by atoms with E-state index in [0.29, 0.717) is 18.0 Å². The SMILES string of the molecule is CC1Cc2cc(S(=O)(=O)N3C[C@@H](N)[C@H](c4ccccc4)C3)ccc2O1. The van der Waals surface area contributed by atoms with Crippen molar-refractivity contribution < 1.29 is 13.2 Å². The van der Waals surface area contributed by atoms with Crippen LogP contribution in [0.25, 0.3) is 0 Å². The van der Waals surface area contributed by atoms with Crippen molar-refractivity contribution in [2.24, 2.45) is 5.73 Å². The fourth-order valence-electron chi connectivity index (χ4n) is 3.75. The molecule has 132 valence electrons. The molecule has 5 nitrogen and oxygen atoms in total. The molecule has 0 aliphatic carbocycles. The van der Waals surface area contributed by atoms with Gasteiger partial charge in [0.05, 0.1) is 4.90 Å². The largest absolute Gasteiger partial charge is 0.490 e. The Labute approximate surface area is 148 Å². The van der Waals surface area contributed by atoms with Crippen LogP contribution in [0.5, 0.6) is 5.75 Å². The van der Waals surface area contributed by atoms with Gasteiger partial charge in [0.1, 0.15) is 11.9 Å². The highest BCUT2D eigenvalue weighted by Crippen LogP contribution is 2.34. The molecule has 1 fully saturated rings. The lowest BCUT2D eigenvalue weighted by Gasteiger charge is -2.17. The topological polar surface area (TPSA) is 72.6 Å². The molecule has 2 aliphatic heterocycles. The Morgan fingerprint density at radius 2 is 1.88 bits per heavy atom. The fraction of sp³-hybridized carbons (Fsp3) is 0.368. The number of rotatable bonds is 3. The monoisotopic (exact) mass is 358 g/mol. The van der Waals surface area contributed by atoms with Crippen LogP contribution in [0.2, 0.25) is 0 Å². The van der Waals surface area contributed by atoms with Crippen LogP contribution in [0, 0.1) is 0 Å². The average Bonchev–Trinajstić information content (AvgIpc) is 3.17. The molecule has 0 saturated carbocycles. The second-order valence-corrected chi connectivity index (χ2v) is 8.84. The molecule has 0 radical (unpaired) electrons. The van der Waals surface area contributed by atoms with Crippen molar-refractivity contribution in [3.63, 3.8) is 0 Å². The van der Waals surface area contributed by atoms with Gasteiger partial charge in [-0.2, -0.15) is 4.31 Å². The van der Waals surface area contributed by atoms with E-state index in [4.69, 9.17) is 10.5 Å². The molecule has 0 amide bonds. The van der Waals surface area contributed by atoms with Gasteiger partial charge in [-0.3, -0.25) is 0 Å². The van der Waals surface area contributed by atoms with Crippen LogP contribution >= 0.6 is 0 Å². The maximum Gasteiger partial charge on any atom is 0.243 e. The summed E-state index contributed by atoms with van der Waals surface area (Å²) in [6.07, 6.45) is 0.834. The summed E-state index contributed by atoms with van der Waals surface area (Å²) in [6.45, 7) is 2.74. The van der Waals surface area contributed by atoms with Gasteiger partial charge >= 0.3 is 0 Å². The molecule has 2 aromatic carbocycles. The third-order valence-electron chi connectivity index (χ3n) is 5.06. The maximum atomic E-state index is 13.1. The summed E-state index contributed by atoms with van der Waals surface area (Å²) in [7, 11) is -3.55. The summed E-state index contributed by atoms with van der Waals surface area (Å²) in [5, 5.41) is 0. The lowest BCUT2D eigenvalue weighted by Crippen LogP contribution is -2.32. The van der Waals surface area contributed by atoms with E-state index in [1.54, 1.807) is 18.2 Å². The van der Waals surface area contributed by atoms with Crippen LogP contribution in [-0.4, -0.2) is 38.0 Å². The van der Waals surface area contributed by atoms with Crippen molar-refractivity contribution in [3.8, 4) is 5.75 Å². The molecule has 6 heteroatoms. The van der Waals surface area contributed by atoms with Crippen molar-refractivity contribution in [2.75, 3.05) is 13.1 Å². The van der Waals surface area contributed by atoms with Crippen LogP contribution in [0.1, 0.15) is 24.0 Å². The van der Waals surface area contributed by atoms with Crippen LogP contribution in [-0.2, 0) is 16.4 Å². The zero-order chi connectivity index (χ0) is 17.6. The number of benzene rings is 2. The Morgan fingerprint density at radius 3 is 2.64 bits per heavy atom. The zero-order valence-corrected chi connectivity index (χ0v) is 14.9. The predicted octanol–water partition coefficient (Wildman–Crippen LogP) is 2.13. The Balaban J connectivity index is 1.60. The van der Waals surface area contributed by atoms with Gasteiger partial charge in [-0.15, -0.1) is 0 Å². The van der Waals surface area contributed by atoms with Gasteiger partial charge in [0.15, 0.2) is 0 Å². The summed E-state index contributed by atoms with van der Waals surface area (Å²) in [5.74, 6) is 0.806. The van der Waals surface area contributed by atoms with Crippen molar-refractivity contribution in [1.29, 1.82) is 0 Å². The maximum absolute atomic E-state index is 13.1. The molecule has 4 rings (SSSR count). The minimum Gasteiger partial charge on any atom is -0.490 e. The van der Waals surface area contributed by atoms with Gasteiger partial charge in [0.2, 0.25) is 10.0 Å². The van der Waals surface area contributed by atoms with Crippen LogP contribution in [0.15, 0.2) is 53.4 Å². The molecule has 25 heavy (non-hydrogen) atoms. The first-order chi connectivity index (χ1) is 11.9. The Bertz CT molecular complexity index is 883. The zero-order valence-electron chi connectivity index (χ0n) is 14.1. The van der Waals surface area contributed by atoms with Gasteiger partial charge in [0.25, 0.3) is 0 Å². The standard InChI is InChI=1S/C19H22N2O3S/c1-13-9-15-10-16(7-8-19(15)24-13)25(22,23)21-11-17(18(20)12-21)14-5-3-2-4-6-14/h2-8,10,13,17-18H,9,11-12,20H2,1H3/t13?,17-,18+/m0/s1. The number of ether oxygens (including phenoxy) is 1. The molecule has 3 atom stereocenters. The van der Waals surface area contributed by atoms with Gasteiger partial charge in [0, 0.05) is 31.5 Å². The molecule has 2 aliphatic rings. The van der Waals surface area contributed by atoms with Crippen LogP contribution < -0.4 is 10.5 Å². The highest BCUT2D eigenvalue weighted by Gasteiger charge is 2.38. The first-order valence-electron chi connectivity index (χ1n) is 8.55. The Morgan fingerprint density at radius 1 is 1.12 bits per heavy atom. The van der Waals surface area contributed by atoms with E-state index in [9.17, 15) is 8.42 Å². The van der Waals surface area contributed by atoms with Gasteiger partial charge in [-0.05, 0) is 36.2 Å². The lowest BCUT2D eigenvalue weighted by atomic mass is 9.95. The van der Waals surface area contributed by atoms with Gasteiger partial charge in [-0.1, -0.05) is 30.3 Å². The number of nitrogens with zero attached hydrogens (tertiary/aromatic N) is 1. The fourth-order valence-corrected chi connectivity index (χ4v) is 5.30. The smallest absolute Gasteiger partial charge is 0.243 e. The molecule has 2 heterocycles. The summed E-state index contributed by atoms with van der Waals surface area (Å²) < 4.78 is 33.3. The van der Waals surface area contributed by atoms with Crippen LogP contribution in [0.4, 0.5) is 0 Å². The van der Waals surface area contributed by atoms with Crippen LogP contribution in [0.3, 0.4) is 0 Å². The molecule has 1 unspecified atom stereocenters. The second-order valence-electron chi connectivity index (χ2n) is 6.91. The summed E-state index contributed by atoms with van der Waals surface area (Å²) >= 11 is 0. The van der Waals surface area contributed by atoms with E-state index in [-0.39, 0.29) is 18.1 Å². The number of nitrogens with two attached hydrogens (primary N) is 1. The van der Waals surface area contributed by atoms with Crippen molar-refractivity contribution >= 4 is 10.0 Å². The first kappa shape index (κ1) is 16.6. The van der Waals surface area contributed by atoms with Crippen molar-refractivity contribution in [2.45, 2.75) is 36.3 Å². The quantitative estimate of drug-likeness (QED) is 0.912. The summed E-state index contributed by atoms with van der Waals surface area (Å²) in [6, 6.07) is 14.8. The number of fused-ring (bicyclic) bond motifs is 1. The lowest BCUT2D eigenvalue weighted by molar-refractivity contribution is 0.254. The molecular weight excluding hydrogens is 336 g/mol. The van der Waals surface area contributed by atoms with E-state index in [2.05, 4.69) is 0 Å². The van der Waals surface area contributed by atoms with E-state index in [1.807, 2.05) is 37.3 Å². The minimum absolute atomic E-state index is 0.0220. The van der Waals surface area contributed by atoms with E-state index < -0.39 is 10.0 Å². The van der Waals surface area contributed by atoms with Crippen molar-refractivity contribution in [1.82, 2.24) is 4.31 Å². The van der Waals surface area contributed by atoms with Gasteiger partial charge < -0.3 is 10.5 Å². The summed E-state index contributed by atoms with van der Waals surface area (Å²) in [4.78, 5) is 0.324. The number of sulfonamides is 1. The molecule has 2 N–H and O–H groups in total. The average molecular weight is 358 g/mol. The van der Waals surface area contributed by atoms with Crippen molar-refractivity contribution in [3.05, 3.63) is 59.7 Å². The first-order valence-corrected chi connectivity index (χ1v) is 9.99. The predicted molar refractivity (Wildman–Crippen MR) is 96.2 cm³/mol. The Kier molecular flexibility index (Phi) is 4.06. The molecule has 1 saturated heterocycles. The Hall–Kier alpha value is -1.89. The highest BCUT2D eigenvalue weighted by molar-refractivity contribution is 7.89. The second kappa shape index (κ2) is 6.12. The van der Waals surface area contributed by atoms with Gasteiger partial charge in [-0.25, -0.2) is 8.42 Å². The van der Waals surface area contributed by atoms with E-state index >= 15 is 0 Å². The number of hydrogen-bond donors (Lipinski definition) is 1. The third-order valence-corrected chi connectivity index (χ3v) is 6.89. The van der Waals surface area contributed by atoms with E-state index in [1.165, 1.54) is 4.31 Å². The van der Waals surface area contributed by atoms with E-state index in [0.717, 1.165) is 23.3 Å². The highest BCUT2D eigenvalue weighted by atomic mass is 32.2. The molecule has 0 bridgehead atoms. The normalized spacial score (nSPS) is 26.4. The molecule has 0 aromatic heterocycles. The molecule has 2 aromatic rings. The molecular formula is C19H22N2O3S. The third kappa shape index (κ3) is 2.94. The minimum atomic E-state index is -3.55. The number of hydrogen-bond acceptors (Lipinski definition) is 4. The summed E-state index contributed by atoms with van der Waals surface area (Å²) in [5.41, 5.74) is 8.30. The molecule has 0 spiro atoms.